The maximum Gasteiger partial charge on any atom is 0.130 e. The number of nitrogens with zero attached hydrogens (tertiary/aromatic N) is 2. The van der Waals surface area contributed by atoms with Crippen LogP contribution in [0.25, 0.3) is 11.3 Å². The number of rotatable bonds is 6. The van der Waals surface area contributed by atoms with E-state index in [2.05, 4.69) is 37.2 Å². The largest absolute Gasteiger partial charge is 0.333 e. The molecular formula is C23H26F2N2. The third kappa shape index (κ3) is 4.70. The number of aryl methyl sites for hydroxylation is 1. The number of hydrogen-bond donors (Lipinski definition) is 0. The molecule has 0 aliphatic heterocycles. The molecule has 0 atom stereocenters. The minimum absolute atomic E-state index is 0.0115. The fourth-order valence-electron chi connectivity index (χ4n) is 2.84. The summed E-state index contributed by atoms with van der Waals surface area (Å²) in [5.41, 5.74) is 3.94. The lowest BCUT2D eigenvalue weighted by atomic mass is 10.0. The van der Waals surface area contributed by atoms with E-state index in [1.54, 1.807) is 25.9 Å². The third-order valence-corrected chi connectivity index (χ3v) is 4.69. The van der Waals surface area contributed by atoms with Crippen molar-refractivity contribution >= 4 is 17.1 Å². The lowest BCUT2D eigenvalue weighted by molar-refractivity contribution is 0.559. The monoisotopic (exact) mass is 368 g/mol. The second kappa shape index (κ2) is 8.76. The number of benzene rings is 2. The van der Waals surface area contributed by atoms with Gasteiger partial charge in [-0.1, -0.05) is 43.9 Å². The Morgan fingerprint density at radius 1 is 1.07 bits per heavy atom. The molecule has 0 unspecified atom stereocenters. The van der Waals surface area contributed by atoms with Crippen LogP contribution in [0.15, 0.2) is 54.5 Å². The normalized spacial score (nSPS) is 11.4. The second-order valence-corrected chi connectivity index (χ2v) is 6.58. The first-order valence-electron chi connectivity index (χ1n) is 8.89. The van der Waals surface area contributed by atoms with Gasteiger partial charge in [0.1, 0.15) is 17.5 Å². The Kier molecular flexibility index (Phi) is 6.67. The van der Waals surface area contributed by atoms with Crippen molar-refractivity contribution in [1.29, 1.82) is 0 Å². The van der Waals surface area contributed by atoms with Crippen molar-refractivity contribution in [3.8, 4) is 0 Å². The van der Waals surface area contributed by atoms with Crippen molar-refractivity contribution < 1.29 is 8.78 Å². The van der Waals surface area contributed by atoms with E-state index in [9.17, 15) is 8.78 Å². The zero-order chi connectivity index (χ0) is 20.1. The smallest absolute Gasteiger partial charge is 0.130 e. The first kappa shape index (κ1) is 20.6. The van der Waals surface area contributed by atoms with Crippen molar-refractivity contribution in [2.75, 3.05) is 14.1 Å². The zero-order valence-corrected chi connectivity index (χ0v) is 16.4. The van der Waals surface area contributed by atoms with Crippen LogP contribution < -0.4 is 0 Å². The van der Waals surface area contributed by atoms with Crippen LogP contribution >= 0.6 is 0 Å². The molecule has 0 bridgehead atoms. The Labute approximate surface area is 160 Å². The van der Waals surface area contributed by atoms with E-state index in [-0.39, 0.29) is 12.0 Å². The van der Waals surface area contributed by atoms with Crippen LogP contribution in [-0.4, -0.2) is 24.8 Å². The third-order valence-electron chi connectivity index (χ3n) is 4.69. The van der Waals surface area contributed by atoms with Crippen molar-refractivity contribution in [2.24, 2.45) is 4.99 Å². The summed E-state index contributed by atoms with van der Waals surface area (Å²) in [6.45, 7) is 11.7. The van der Waals surface area contributed by atoms with Gasteiger partial charge >= 0.3 is 0 Å². The van der Waals surface area contributed by atoms with E-state index in [0.717, 1.165) is 17.7 Å². The summed E-state index contributed by atoms with van der Waals surface area (Å²) >= 11 is 0. The standard InChI is InChI=1S/C23H26F2N2/c1-7-17-9-8-10-18(11-17)16(4)27(6)23(26-5)14-20-21(24)12-19(15(2)3)13-22(20)25/h8-13H,2,4,7,14H2,1,3,5-6H3/b26-23-. The molecular weight excluding hydrogens is 342 g/mol. The van der Waals surface area contributed by atoms with Gasteiger partial charge in [0, 0.05) is 31.8 Å². The molecule has 0 aliphatic rings. The minimum Gasteiger partial charge on any atom is -0.333 e. The predicted molar refractivity (Wildman–Crippen MR) is 111 cm³/mol. The molecule has 0 aromatic heterocycles. The highest BCUT2D eigenvalue weighted by molar-refractivity contribution is 5.91. The molecule has 0 saturated carbocycles. The fraction of sp³-hybridized carbons (Fsp3) is 0.261. The first-order valence-corrected chi connectivity index (χ1v) is 8.89. The van der Waals surface area contributed by atoms with E-state index in [4.69, 9.17) is 0 Å². The topological polar surface area (TPSA) is 15.6 Å². The molecule has 0 amide bonds. The average Bonchev–Trinajstić information content (AvgIpc) is 2.66. The molecule has 0 spiro atoms. The Balaban J connectivity index is 2.29. The van der Waals surface area contributed by atoms with Gasteiger partial charge in [-0.25, -0.2) is 8.78 Å². The second-order valence-electron chi connectivity index (χ2n) is 6.58. The summed E-state index contributed by atoms with van der Waals surface area (Å²) in [4.78, 5) is 6.02. The molecule has 2 aromatic carbocycles. The van der Waals surface area contributed by atoms with Crippen molar-refractivity contribution in [3.63, 3.8) is 0 Å². The highest BCUT2D eigenvalue weighted by Gasteiger charge is 2.18. The molecule has 2 nitrogen and oxygen atoms in total. The van der Waals surface area contributed by atoms with E-state index in [1.807, 2.05) is 12.1 Å². The maximum atomic E-state index is 14.5. The van der Waals surface area contributed by atoms with Crippen LogP contribution in [0.4, 0.5) is 8.78 Å². The van der Waals surface area contributed by atoms with Gasteiger partial charge in [-0.15, -0.1) is 0 Å². The van der Waals surface area contributed by atoms with Gasteiger partial charge in [0.15, 0.2) is 0 Å². The maximum absolute atomic E-state index is 14.5. The van der Waals surface area contributed by atoms with E-state index >= 15 is 0 Å². The van der Waals surface area contributed by atoms with Crippen LogP contribution in [0.2, 0.25) is 0 Å². The van der Waals surface area contributed by atoms with E-state index < -0.39 is 11.6 Å². The summed E-state index contributed by atoms with van der Waals surface area (Å²) in [5, 5.41) is 0. The van der Waals surface area contributed by atoms with Crippen LogP contribution in [0, 0.1) is 11.6 Å². The average molecular weight is 368 g/mol. The summed E-state index contributed by atoms with van der Waals surface area (Å²) in [6, 6.07) is 10.7. The Morgan fingerprint density at radius 2 is 1.70 bits per heavy atom. The van der Waals surface area contributed by atoms with Crippen LogP contribution in [-0.2, 0) is 12.8 Å². The van der Waals surface area contributed by atoms with E-state index in [1.165, 1.54) is 17.7 Å². The number of amidine groups is 1. The number of likely N-dealkylation sites (N-methyl/N-ethyl adjacent to an activating group) is 1. The number of allylic oxidation sites excluding steroid dienone is 1. The number of hydrogen-bond acceptors (Lipinski definition) is 1. The number of aliphatic imine (C=N–C) groups is 1. The highest BCUT2D eigenvalue weighted by Crippen LogP contribution is 2.23. The van der Waals surface area contributed by atoms with E-state index in [0.29, 0.717) is 17.0 Å². The molecule has 0 fully saturated rings. The molecule has 4 heteroatoms. The zero-order valence-electron chi connectivity index (χ0n) is 16.4. The molecule has 142 valence electrons. The SMILES string of the molecule is C=C(C)c1cc(F)c(C/C(=N/C)N(C)C(=C)c2cccc(CC)c2)c(F)c1. The molecule has 0 N–H and O–H groups in total. The minimum atomic E-state index is -0.596. The molecule has 0 aliphatic carbocycles. The summed E-state index contributed by atoms with van der Waals surface area (Å²) < 4.78 is 29.0. The quantitative estimate of drug-likeness (QED) is 0.469. The molecule has 0 saturated heterocycles. The van der Waals surface area contributed by atoms with Crippen LogP contribution in [0.1, 0.15) is 36.1 Å². The Hall–Kier alpha value is -2.75. The van der Waals surface area contributed by atoms with Gasteiger partial charge in [0.05, 0.1) is 0 Å². The predicted octanol–water partition coefficient (Wildman–Crippen LogP) is 5.73. The van der Waals surface area contributed by atoms with Gasteiger partial charge in [0.2, 0.25) is 0 Å². The first-order chi connectivity index (χ1) is 12.8. The van der Waals surface area contributed by atoms with Gasteiger partial charge in [-0.05, 0) is 48.2 Å². The highest BCUT2D eigenvalue weighted by atomic mass is 19.1. The molecule has 2 aromatic rings. The van der Waals surface area contributed by atoms with Crippen LogP contribution in [0.3, 0.4) is 0 Å². The lowest BCUT2D eigenvalue weighted by Gasteiger charge is -2.24. The fourth-order valence-corrected chi connectivity index (χ4v) is 2.84. The lowest BCUT2D eigenvalue weighted by Crippen LogP contribution is -2.27. The molecule has 0 radical (unpaired) electrons. The van der Waals surface area contributed by atoms with Gasteiger partial charge in [-0.3, -0.25) is 4.99 Å². The van der Waals surface area contributed by atoms with Gasteiger partial charge in [-0.2, -0.15) is 0 Å². The van der Waals surface area contributed by atoms with Gasteiger partial charge in [0.25, 0.3) is 0 Å². The molecule has 2 rings (SSSR count). The van der Waals surface area contributed by atoms with Crippen molar-refractivity contribution in [2.45, 2.75) is 26.7 Å². The summed E-state index contributed by atoms with van der Waals surface area (Å²) in [5.74, 6) is -0.662. The van der Waals surface area contributed by atoms with Crippen molar-refractivity contribution in [1.82, 2.24) is 4.90 Å². The number of halogens is 2. The summed E-state index contributed by atoms with van der Waals surface area (Å²) in [7, 11) is 3.42. The Bertz CT molecular complexity index is 874. The Morgan fingerprint density at radius 3 is 2.22 bits per heavy atom. The summed E-state index contributed by atoms with van der Waals surface area (Å²) in [6.07, 6.45) is 0.957. The molecule has 0 heterocycles. The van der Waals surface area contributed by atoms with Crippen molar-refractivity contribution in [3.05, 3.63) is 83.4 Å². The van der Waals surface area contributed by atoms with Gasteiger partial charge < -0.3 is 4.90 Å². The van der Waals surface area contributed by atoms with Crippen LogP contribution in [0.5, 0.6) is 0 Å². The molecule has 27 heavy (non-hydrogen) atoms.